The highest BCUT2D eigenvalue weighted by Crippen LogP contribution is 2.23. The maximum absolute atomic E-state index is 11.6. The third kappa shape index (κ3) is 6.03. The van der Waals surface area contributed by atoms with Crippen molar-refractivity contribution in [2.24, 2.45) is 0 Å². The van der Waals surface area contributed by atoms with Crippen molar-refractivity contribution in [3.63, 3.8) is 0 Å². The Balaban J connectivity index is 1.85. The Labute approximate surface area is 142 Å². The second-order valence-electron chi connectivity index (χ2n) is 5.48. The van der Waals surface area contributed by atoms with Gasteiger partial charge in [-0.1, -0.05) is 5.10 Å². The van der Waals surface area contributed by atoms with Crippen molar-refractivity contribution in [3.05, 3.63) is 24.0 Å². The zero-order valence-corrected chi connectivity index (χ0v) is 15.0. The minimum Gasteiger partial charge on any atom is -0.462 e. The van der Waals surface area contributed by atoms with E-state index in [0.717, 1.165) is 21.9 Å². The molecule has 0 saturated carbocycles. The number of ether oxygens (including phenoxy) is 2. The van der Waals surface area contributed by atoms with Crippen LogP contribution in [0.1, 0.15) is 26.5 Å². The first-order chi connectivity index (χ1) is 10.9. The summed E-state index contributed by atoms with van der Waals surface area (Å²) in [6.07, 6.45) is 3.21. The standard InChI is InChI=1S/C14H18N4O3S2/c1-14(2,3)21-12(19)16-11-17-18-13(23-11)20-8-9-5-6-10(22-4)7-15-9/h5-7H,8H2,1-4H3,(H,16,17,19). The highest BCUT2D eigenvalue weighted by Gasteiger charge is 2.17. The van der Waals surface area contributed by atoms with Crippen LogP contribution < -0.4 is 10.1 Å². The van der Waals surface area contributed by atoms with Crippen molar-refractivity contribution in [1.82, 2.24) is 15.2 Å². The lowest BCUT2D eigenvalue weighted by atomic mass is 10.2. The second kappa shape index (κ2) is 7.60. The van der Waals surface area contributed by atoms with Crippen LogP contribution in [-0.2, 0) is 11.3 Å². The number of carbonyl (C=O) groups excluding carboxylic acids is 1. The minimum atomic E-state index is -0.575. The molecule has 0 fully saturated rings. The first-order valence-corrected chi connectivity index (χ1v) is 8.85. The zero-order chi connectivity index (χ0) is 16.9. The Hall–Kier alpha value is -1.87. The number of rotatable bonds is 5. The van der Waals surface area contributed by atoms with E-state index in [-0.39, 0.29) is 6.61 Å². The van der Waals surface area contributed by atoms with Gasteiger partial charge in [0, 0.05) is 11.1 Å². The van der Waals surface area contributed by atoms with E-state index >= 15 is 0 Å². The van der Waals surface area contributed by atoms with Gasteiger partial charge in [0.15, 0.2) is 0 Å². The van der Waals surface area contributed by atoms with Crippen LogP contribution in [-0.4, -0.2) is 33.1 Å². The number of carbonyl (C=O) groups is 1. The van der Waals surface area contributed by atoms with Gasteiger partial charge in [-0.25, -0.2) is 4.79 Å². The zero-order valence-electron chi connectivity index (χ0n) is 13.3. The monoisotopic (exact) mass is 354 g/mol. The van der Waals surface area contributed by atoms with Crippen LogP contribution in [0.15, 0.2) is 23.2 Å². The topological polar surface area (TPSA) is 86.2 Å². The summed E-state index contributed by atoms with van der Waals surface area (Å²) in [5, 5.41) is 10.9. The fourth-order valence-electron chi connectivity index (χ4n) is 1.46. The number of hydrogen-bond donors (Lipinski definition) is 1. The molecule has 0 aromatic carbocycles. The first kappa shape index (κ1) is 17.5. The van der Waals surface area contributed by atoms with Crippen LogP contribution in [0.3, 0.4) is 0 Å². The lowest BCUT2D eigenvalue weighted by Crippen LogP contribution is -2.27. The molecule has 0 radical (unpaired) electrons. The number of nitrogens with zero attached hydrogens (tertiary/aromatic N) is 3. The van der Waals surface area contributed by atoms with Crippen LogP contribution in [0.2, 0.25) is 0 Å². The van der Waals surface area contributed by atoms with E-state index in [1.54, 1.807) is 38.7 Å². The van der Waals surface area contributed by atoms with Crippen molar-refractivity contribution < 1.29 is 14.3 Å². The number of pyridine rings is 1. The smallest absolute Gasteiger partial charge is 0.414 e. The molecule has 0 atom stereocenters. The molecule has 0 aliphatic rings. The van der Waals surface area contributed by atoms with Gasteiger partial charge in [-0.15, -0.1) is 16.9 Å². The summed E-state index contributed by atoms with van der Waals surface area (Å²) in [5.41, 5.74) is 0.225. The predicted molar refractivity (Wildman–Crippen MR) is 90.1 cm³/mol. The number of amides is 1. The molecule has 2 aromatic heterocycles. The molecule has 1 N–H and O–H groups in total. The molecule has 2 rings (SSSR count). The van der Waals surface area contributed by atoms with E-state index < -0.39 is 11.7 Å². The Morgan fingerprint density at radius 2 is 2.13 bits per heavy atom. The Morgan fingerprint density at radius 3 is 2.74 bits per heavy atom. The second-order valence-corrected chi connectivity index (χ2v) is 7.30. The number of aromatic nitrogens is 3. The van der Waals surface area contributed by atoms with Crippen LogP contribution in [0, 0.1) is 0 Å². The largest absolute Gasteiger partial charge is 0.462 e. The fraction of sp³-hybridized carbons (Fsp3) is 0.429. The Morgan fingerprint density at radius 1 is 1.35 bits per heavy atom. The van der Waals surface area contributed by atoms with Gasteiger partial charge in [0.1, 0.15) is 12.2 Å². The molecule has 124 valence electrons. The van der Waals surface area contributed by atoms with Gasteiger partial charge in [-0.3, -0.25) is 10.3 Å². The molecular formula is C14H18N4O3S2. The van der Waals surface area contributed by atoms with Crippen LogP contribution in [0.25, 0.3) is 0 Å². The third-order valence-corrected chi connectivity index (χ3v) is 3.86. The molecule has 0 saturated heterocycles. The summed E-state index contributed by atoms with van der Waals surface area (Å²) in [4.78, 5) is 17.0. The summed E-state index contributed by atoms with van der Waals surface area (Å²) >= 11 is 2.75. The molecule has 0 aliphatic heterocycles. The fourth-order valence-corrected chi connectivity index (χ4v) is 2.41. The van der Waals surface area contributed by atoms with Gasteiger partial charge in [0.2, 0.25) is 5.13 Å². The van der Waals surface area contributed by atoms with Gasteiger partial charge in [0.05, 0.1) is 5.69 Å². The predicted octanol–water partition coefficient (Wildman–Crippen LogP) is 3.58. The number of thioether (sulfide) groups is 1. The Kier molecular flexibility index (Phi) is 5.78. The summed E-state index contributed by atoms with van der Waals surface area (Å²) in [6, 6.07) is 3.87. The average Bonchev–Trinajstić information content (AvgIpc) is 2.91. The van der Waals surface area contributed by atoms with Crippen molar-refractivity contribution in [3.8, 4) is 5.19 Å². The van der Waals surface area contributed by atoms with Crippen molar-refractivity contribution in [2.45, 2.75) is 37.9 Å². The molecule has 7 nitrogen and oxygen atoms in total. The van der Waals surface area contributed by atoms with E-state index in [0.29, 0.717) is 10.3 Å². The van der Waals surface area contributed by atoms with E-state index in [4.69, 9.17) is 9.47 Å². The highest BCUT2D eigenvalue weighted by atomic mass is 32.2. The van der Waals surface area contributed by atoms with E-state index in [1.807, 2.05) is 18.4 Å². The lowest BCUT2D eigenvalue weighted by Gasteiger charge is -2.18. The SMILES string of the molecule is CSc1ccc(COc2nnc(NC(=O)OC(C)(C)C)s2)nc1. The third-order valence-electron chi connectivity index (χ3n) is 2.39. The Bertz CT molecular complexity index is 653. The summed E-state index contributed by atoms with van der Waals surface area (Å²) in [6.45, 7) is 5.65. The molecule has 0 spiro atoms. The molecule has 2 heterocycles. The normalized spacial score (nSPS) is 11.1. The van der Waals surface area contributed by atoms with Gasteiger partial charge >= 0.3 is 6.09 Å². The van der Waals surface area contributed by atoms with Crippen molar-refractivity contribution >= 4 is 34.3 Å². The number of hydrogen-bond acceptors (Lipinski definition) is 8. The molecule has 0 unspecified atom stereocenters. The average molecular weight is 354 g/mol. The van der Waals surface area contributed by atoms with Gasteiger partial charge in [0.25, 0.3) is 5.19 Å². The van der Waals surface area contributed by atoms with Crippen LogP contribution in [0.5, 0.6) is 5.19 Å². The lowest BCUT2D eigenvalue weighted by molar-refractivity contribution is 0.0636. The minimum absolute atomic E-state index is 0.287. The molecular weight excluding hydrogens is 336 g/mol. The van der Waals surface area contributed by atoms with E-state index in [2.05, 4.69) is 20.5 Å². The number of anilines is 1. The molecule has 9 heteroatoms. The first-order valence-electron chi connectivity index (χ1n) is 6.81. The highest BCUT2D eigenvalue weighted by molar-refractivity contribution is 7.98. The quantitative estimate of drug-likeness (QED) is 0.821. The summed E-state index contributed by atoms with van der Waals surface area (Å²) in [5.74, 6) is 0. The molecule has 2 aromatic rings. The van der Waals surface area contributed by atoms with E-state index in [9.17, 15) is 4.79 Å². The maximum atomic E-state index is 11.6. The molecule has 1 amide bonds. The van der Waals surface area contributed by atoms with Gasteiger partial charge in [-0.05, 0) is 50.5 Å². The maximum Gasteiger partial charge on any atom is 0.414 e. The van der Waals surface area contributed by atoms with Gasteiger partial charge in [-0.2, -0.15) is 0 Å². The molecule has 0 bridgehead atoms. The summed E-state index contributed by atoms with van der Waals surface area (Å²) in [7, 11) is 0. The van der Waals surface area contributed by atoms with Crippen molar-refractivity contribution in [1.29, 1.82) is 0 Å². The van der Waals surface area contributed by atoms with Crippen LogP contribution >= 0.6 is 23.1 Å². The van der Waals surface area contributed by atoms with Crippen LogP contribution in [0.4, 0.5) is 9.93 Å². The summed E-state index contributed by atoms with van der Waals surface area (Å²) < 4.78 is 10.7. The van der Waals surface area contributed by atoms with Crippen molar-refractivity contribution in [2.75, 3.05) is 11.6 Å². The van der Waals surface area contributed by atoms with E-state index in [1.165, 1.54) is 0 Å². The van der Waals surface area contributed by atoms with Gasteiger partial charge < -0.3 is 9.47 Å². The number of nitrogens with one attached hydrogen (secondary N) is 1. The molecule has 23 heavy (non-hydrogen) atoms. The molecule has 0 aliphatic carbocycles.